The molecule has 1 aromatic heterocycles. The number of nitrogens with two attached hydrogens (primary N) is 1. The highest BCUT2D eigenvalue weighted by atomic mass is 19.4. The highest BCUT2D eigenvalue weighted by Crippen LogP contribution is 2.38. The van der Waals surface area contributed by atoms with Gasteiger partial charge in [0.1, 0.15) is 0 Å². The summed E-state index contributed by atoms with van der Waals surface area (Å²) in [6.07, 6.45) is -13.5. The Labute approximate surface area is 150 Å². The average molecular weight is 398 g/mol. The summed E-state index contributed by atoms with van der Waals surface area (Å²) in [4.78, 5) is 14.3. The molecule has 150 valence electrons. The molecule has 0 aliphatic heterocycles. The van der Waals surface area contributed by atoms with Crippen molar-refractivity contribution < 1.29 is 41.2 Å². The number of halogens is 6. The van der Waals surface area contributed by atoms with Gasteiger partial charge >= 0.3 is 24.1 Å². The number of H-pyrrole nitrogens is 1. The summed E-state index contributed by atoms with van der Waals surface area (Å²) in [6.45, 7) is 0.312. The van der Waals surface area contributed by atoms with E-state index in [2.05, 4.69) is 9.72 Å². The van der Waals surface area contributed by atoms with Gasteiger partial charge in [-0.1, -0.05) is 18.2 Å². The maximum atomic E-state index is 13.3. The minimum atomic E-state index is -5.79. The Bertz CT molecular complexity index is 737. The van der Waals surface area contributed by atoms with Crippen molar-refractivity contribution in [3.8, 4) is 0 Å². The van der Waals surface area contributed by atoms with Crippen LogP contribution in [0.25, 0.3) is 10.9 Å². The molecular weight excluding hydrogens is 380 g/mol. The second-order valence-electron chi connectivity index (χ2n) is 5.77. The Morgan fingerprint density at radius 2 is 1.78 bits per heavy atom. The zero-order valence-electron chi connectivity index (χ0n) is 14.2. The first-order valence-corrected chi connectivity index (χ1v) is 7.99. The molecule has 0 aliphatic rings. The molecule has 2 rings (SSSR count). The quantitative estimate of drug-likeness (QED) is 0.517. The molecular formula is C16H18F6N3O2+. The fourth-order valence-electron chi connectivity index (χ4n) is 2.63. The minimum Gasteiger partial charge on any atom is -0.450 e. The maximum Gasteiger partial charge on any atom is 0.475 e. The van der Waals surface area contributed by atoms with E-state index in [-0.39, 0.29) is 18.3 Å². The summed E-state index contributed by atoms with van der Waals surface area (Å²) < 4.78 is 84.2. The van der Waals surface area contributed by atoms with Gasteiger partial charge in [0.05, 0.1) is 13.2 Å². The van der Waals surface area contributed by atoms with Crippen LogP contribution in [0, 0.1) is 0 Å². The predicted molar refractivity (Wildman–Crippen MR) is 83.8 cm³/mol. The summed E-state index contributed by atoms with van der Waals surface area (Å²) in [5, 5.41) is 1.76. The minimum absolute atomic E-state index is 0.0232. The molecule has 0 radical (unpaired) electrons. The van der Waals surface area contributed by atoms with Gasteiger partial charge in [-0.3, -0.25) is 5.32 Å². The van der Waals surface area contributed by atoms with Crippen LogP contribution in [0.15, 0.2) is 30.3 Å². The number of quaternary nitrogens is 1. The van der Waals surface area contributed by atoms with E-state index in [9.17, 15) is 31.1 Å². The number of aromatic nitrogens is 1. The third kappa shape index (κ3) is 4.46. The standard InChI is InChI=1S/C16H17F6N3O2/c1-2-27-13(26)25-14(15(17,18)19,16(20,21)22)23-8-7-11-9-10-5-3-4-6-12(10)24-11/h3-6,9,23-24H,2,7-8H2,1H3,(H,25,26)/p+1. The Morgan fingerprint density at radius 1 is 1.15 bits per heavy atom. The number of hydrogen-bond acceptors (Lipinski definition) is 2. The Morgan fingerprint density at radius 3 is 2.33 bits per heavy atom. The number of aromatic amines is 1. The number of hydrogen-bond donors (Lipinski definition) is 3. The van der Waals surface area contributed by atoms with E-state index < -0.39 is 30.7 Å². The zero-order chi connectivity index (χ0) is 20.3. The first-order valence-electron chi connectivity index (χ1n) is 7.99. The van der Waals surface area contributed by atoms with Crippen molar-refractivity contribution >= 4 is 17.0 Å². The predicted octanol–water partition coefficient (Wildman–Crippen LogP) is 2.84. The third-order valence-electron chi connectivity index (χ3n) is 3.92. The van der Waals surface area contributed by atoms with Crippen LogP contribution in [0.1, 0.15) is 12.6 Å². The van der Waals surface area contributed by atoms with Crippen molar-refractivity contribution in [3.05, 3.63) is 36.0 Å². The van der Waals surface area contributed by atoms with Crippen molar-refractivity contribution in [1.29, 1.82) is 0 Å². The topological polar surface area (TPSA) is 70.7 Å². The molecule has 0 unspecified atom stereocenters. The van der Waals surface area contributed by atoms with Crippen molar-refractivity contribution in [3.63, 3.8) is 0 Å². The number of carbonyl (C=O) groups excluding carboxylic acids is 1. The van der Waals surface area contributed by atoms with Gasteiger partial charge in [0.25, 0.3) is 0 Å². The van der Waals surface area contributed by atoms with Gasteiger partial charge in [0, 0.05) is 17.6 Å². The Kier molecular flexibility index (Phi) is 5.93. The van der Waals surface area contributed by atoms with Crippen LogP contribution in [-0.2, 0) is 11.2 Å². The monoisotopic (exact) mass is 398 g/mol. The third-order valence-corrected chi connectivity index (χ3v) is 3.92. The van der Waals surface area contributed by atoms with Crippen molar-refractivity contribution in [2.75, 3.05) is 13.2 Å². The lowest BCUT2D eigenvalue weighted by Crippen LogP contribution is -3.08. The summed E-state index contributed by atoms with van der Waals surface area (Å²) in [7, 11) is 0. The van der Waals surface area contributed by atoms with Crippen LogP contribution in [0.5, 0.6) is 0 Å². The zero-order valence-corrected chi connectivity index (χ0v) is 14.2. The number of fused-ring (bicyclic) bond motifs is 1. The smallest absolute Gasteiger partial charge is 0.450 e. The molecule has 27 heavy (non-hydrogen) atoms. The first-order chi connectivity index (χ1) is 12.5. The van der Waals surface area contributed by atoms with E-state index in [1.54, 1.807) is 30.3 Å². The molecule has 5 nitrogen and oxygen atoms in total. The van der Waals surface area contributed by atoms with E-state index in [1.807, 2.05) is 0 Å². The second-order valence-corrected chi connectivity index (χ2v) is 5.77. The molecule has 1 aromatic carbocycles. The molecule has 0 spiro atoms. The van der Waals surface area contributed by atoms with E-state index >= 15 is 0 Å². The molecule has 0 bridgehead atoms. The van der Waals surface area contributed by atoms with E-state index in [4.69, 9.17) is 0 Å². The first kappa shape index (κ1) is 20.9. The largest absolute Gasteiger partial charge is 0.475 e. The molecule has 0 atom stereocenters. The molecule has 0 aliphatic carbocycles. The molecule has 1 amide bonds. The number of rotatable bonds is 6. The normalized spacial score (nSPS) is 13.0. The van der Waals surface area contributed by atoms with E-state index in [0.717, 1.165) is 16.2 Å². The van der Waals surface area contributed by atoms with Gasteiger partial charge in [0.15, 0.2) is 0 Å². The lowest BCUT2D eigenvalue weighted by Gasteiger charge is -2.34. The van der Waals surface area contributed by atoms with Crippen LogP contribution < -0.4 is 10.6 Å². The number of alkyl carbamates (subject to hydrolysis) is 1. The highest BCUT2D eigenvalue weighted by Gasteiger charge is 2.76. The van der Waals surface area contributed by atoms with Gasteiger partial charge in [-0.2, -0.15) is 26.3 Å². The fraction of sp³-hybridized carbons (Fsp3) is 0.438. The lowest BCUT2D eigenvalue weighted by atomic mass is 10.1. The number of nitrogens with one attached hydrogen (secondary N) is 2. The van der Waals surface area contributed by atoms with E-state index in [1.165, 1.54) is 6.92 Å². The van der Waals surface area contributed by atoms with E-state index in [0.29, 0.717) is 5.69 Å². The number of carbonyl (C=O) groups is 1. The number of ether oxygens (including phenoxy) is 1. The van der Waals surface area contributed by atoms with Crippen LogP contribution >= 0.6 is 0 Å². The number of amides is 1. The van der Waals surface area contributed by atoms with Gasteiger partial charge in [0.2, 0.25) is 0 Å². The van der Waals surface area contributed by atoms with Gasteiger partial charge < -0.3 is 15.0 Å². The molecule has 4 N–H and O–H groups in total. The van der Waals surface area contributed by atoms with Crippen LogP contribution in [0.4, 0.5) is 31.1 Å². The molecule has 11 heteroatoms. The lowest BCUT2D eigenvalue weighted by molar-refractivity contribution is -0.784. The van der Waals surface area contributed by atoms with Crippen molar-refractivity contribution in [2.24, 2.45) is 0 Å². The summed E-state index contributed by atoms with van der Waals surface area (Å²) in [5.74, 6) is 0. The SMILES string of the molecule is CCOC(=O)NC([NH2+]CCc1cc2ccccc2[nH]1)(C(F)(F)F)C(F)(F)F. The fourth-order valence-corrected chi connectivity index (χ4v) is 2.63. The molecule has 0 fully saturated rings. The van der Waals surface area contributed by atoms with Gasteiger partial charge in [-0.05, 0) is 24.4 Å². The number of benzene rings is 1. The van der Waals surface area contributed by atoms with Crippen molar-refractivity contribution in [2.45, 2.75) is 31.4 Å². The average Bonchev–Trinajstić information content (AvgIpc) is 2.94. The summed E-state index contributed by atoms with van der Waals surface area (Å²) >= 11 is 0. The molecule has 1 heterocycles. The van der Waals surface area contributed by atoms with Crippen molar-refractivity contribution in [1.82, 2.24) is 10.3 Å². The summed E-state index contributed by atoms with van der Waals surface area (Å²) in [5.41, 5.74) is -3.31. The maximum absolute atomic E-state index is 13.3. The number of para-hydroxylation sites is 1. The molecule has 2 aromatic rings. The van der Waals surface area contributed by atoms with Crippen LogP contribution in [0.2, 0.25) is 0 Å². The van der Waals surface area contributed by atoms with Crippen LogP contribution in [0.3, 0.4) is 0 Å². The van der Waals surface area contributed by atoms with Gasteiger partial charge in [-0.15, -0.1) is 0 Å². The number of alkyl halides is 6. The molecule has 0 saturated heterocycles. The summed E-state index contributed by atoms with van der Waals surface area (Å²) in [6, 6.07) is 8.65. The van der Waals surface area contributed by atoms with Gasteiger partial charge in [-0.25, -0.2) is 4.79 Å². The Hall–Kier alpha value is -2.43. The van der Waals surface area contributed by atoms with Crippen LogP contribution in [-0.4, -0.2) is 42.2 Å². The second kappa shape index (κ2) is 7.67. The highest BCUT2D eigenvalue weighted by molar-refractivity contribution is 5.80. The Balaban J connectivity index is 2.20. The molecule has 0 saturated carbocycles.